The van der Waals surface area contributed by atoms with E-state index < -0.39 is 108 Å². The number of fused-ring (bicyclic) bond motifs is 1. The van der Waals surface area contributed by atoms with Crippen LogP contribution in [0.25, 0.3) is 11.3 Å². The fourth-order valence-corrected chi connectivity index (χ4v) is 12.9. The molecule has 18 atom stereocenters. The van der Waals surface area contributed by atoms with Gasteiger partial charge in [0.25, 0.3) is 0 Å². The lowest BCUT2D eigenvalue weighted by Gasteiger charge is -2.50. The fourth-order valence-electron chi connectivity index (χ4n) is 12.9. The zero-order valence-electron chi connectivity index (χ0n) is 48.7. The normalized spacial score (nSPS) is 37.1. The number of benzene rings is 2. The van der Waals surface area contributed by atoms with Crippen molar-refractivity contribution >= 4 is 29.5 Å². The van der Waals surface area contributed by atoms with Gasteiger partial charge in [0.05, 0.1) is 53.7 Å². The summed E-state index contributed by atoms with van der Waals surface area (Å²) in [6, 6.07) is 15.5. The average Bonchev–Trinajstić information content (AvgIpc) is 4.10. The van der Waals surface area contributed by atoms with Crippen molar-refractivity contribution in [1.82, 2.24) is 24.8 Å². The van der Waals surface area contributed by atoms with E-state index in [-0.39, 0.29) is 49.7 Å². The molecular formula is C59H88N6O13. The number of anilines is 1. The maximum absolute atomic E-state index is 15.3. The van der Waals surface area contributed by atoms with Crippen LogP contribution in [0.5, 0.6) is 0 Å². The summed E-state index contributed by atoms with van der Waals surface area (Å²) in [4.78, 5) is 62.2. The van der Waals surface area contributed by atoms with Crippen LogP contribution in [0.15, 0.2) is 60.8 Å². The molecule has 19 nitrogen and oxygen atoms in total. The lowest BCUT2D eigenvalue weighted by molar-refractivity contribution is -0.313. The molecule has 0 unspecified atom stereocenters. The first-order valence-electron chi connectivity index (χ1n) is 28.0. The largest absolute Gasteiger partial charge is 0.458 e. The predicted octanol–water partition coefficient (Wildman–Crippen LogP) is 8.37. The van der Waals surface area contributed by atoms with Gasteiger partial charge in [-0.1, -0.05) is 70.2 Å². The Bertz CT molecular complexity index is 2520. The monoisotopic (exact) mass is 1090 g/mol. The molecule has 4 saturated heterocycles. The fraction of sp³-hybridized carbons (Fsp3) is 0.695. The van der Waals surface area contributed by atoms with E-state index in [1.54, 1.807) is 68.8 Å². The SMILES string of the molecule is CC[C@H]1OC(=O)[C@H](C)[C@@H](O[C@@H]2C[C@@](C)(OC)[C@H](OC(=O)c3ccccc3)[C@H](C)O2)[C@H](C)[C@@H](O[C@@H]2O[C@H](C)C[C@H](N(C)C)[C@@H]2C)[C@@](C)(OC)C[C@@H](C)C(=O)[C@H](C)[C@@H]2N(CCCCn3cc(-c4cccc(N)c4)nn3)C(=O)O[C@@]21C. The van der Waals surface area contributed by atoms with Crippen molar-refractivity contribution in [1.29, 1.82) is 0 Å². The molecule has 2 aromatic carbocycles. The minimum absolute atomic E-state index is 0.101. The molecule has 1 aromatic heterocycles. The molecule has 1 amide bonds. The number of aromatic nitrogens is 3. The zero-order valence-corrected chi connectivity index (χ0v) is 48.7. The second-order valence-electron chi connectivity index (χ2n) is 23.5. The van der Waals surface area contributed by atoms with E-state index in [2.05, 4.69) is 22.1 Å². The summed E-state index contributed by atoms with van der Waals surface area (Å²) < 4.78 is 61.4. The lowest BCUT2D eigenvalue weighted by Crippen LogP contribution is -2.61. The van der Waals surface area contributed by atoms with E-state index in [1.165, 1.54) is 0 Å². The number of ether oxygens (including phenoxy) is 9. The first-order valence-corrected chi connectivity index (χ1v) is 28.0. The molecule has 0 bridgehead atoms. The second-order valence-corrected chi connectivity index (χ2v) is 23.5. The molecule has 4 aliphatic rings. The summed E-state index contributed by atoms with van der Waals surface area (Å²) >= 11 is 0. The summed E-state index contributed by atoms with van der Waals surface area (Å²) in [5, 5.41) is 8.68. The first-order chi connectivity index (χ1) is 36.9. The van der Waals surface area contributed by atoms with Crippen LogP contribution in [0.4, 0.5) is 10.5 Å². The third kappa shape index (κ3) is 12.9. The summed E-state index contributed by atoms with van der Waals surface area (Å²) in [7, 11) is 7.26. The smallest absolute Gasteiger partial charge is 0.410 e. The number of methoxy groups -OCH3 is 2. The number of amides is 1. The number of cyclic esters (lactones) is 1. The Hall–Kier alpha value is -5.02. The van der Waals surface area contributed by atoms with E-state index in [0.717, 1.165) is 12.0 Å². The van der Waals surface area contributed by atoms with Crippen LogP contribution in [-0.2, 0) is 58.8 Å². The van der Waals surface area contributed by atoms with Crippen molar-refractivity contribution in [3.63, 3.8) is 0 Å². The Morgan fingerprint density at radius 2 is 1.51 bits per heavy atom. The number of ketones is 1. The molecule has 432 valence electrons. The standard InChI is InChI=1S/C59H88N6O13/c1-16-46-59(11)50(65(56(69)78-59)28-21-20-27-64-33-44(61-62-64)42-25-22-26-43(60)30-42)37(5)48(66)34(2)31-57(9,70-14)51(77-55-36(4)45(63(12)13)29-35(3)72-55)38(6)49(39(7)53(67)74-46)75-47-32-58(10,71-15)52(40(8)73-47)76-54(68)41-23-18-17-19-24-41/h17-19,22-26,30,33-40,45-47,49-52,55H,16,20-21,27-29,31-32,60H2,1-15H3/t34-,35-,36+,37+,38+,39-,40+,45+,46-,47-,49+,50+,51-,52-,55+,57+,58-,59-/m1/s1. The van der Waals surface area contributed by atoms with Gasteiger partial charge < -0.3 is 58.2 Å². The molecule has 3 aromatic rings. The van der Waals surface area contributed by atoms with Crippen LogP contribution in [0.1, 0.15) is 125 Å². The highest BCUT2D eigenvalue weighted by molar-refractivity contribution is 5.89. The minimum atomic E-state index is -1.45. The van der Waals surface area contributed by atoms with Crippen LogP contribution in [0.3, 0.4) is 0 Å². The van der Waals surface area contributed by atoms with Gasteiger partial charge in [0, 0.05) is 74.7 Å². The number of carbonyl (C=O) groups excluding carboxylic acids is 4. The number of rotatable bonds is 16. The van der Waals surface area contributed by atoms with Crippen molar-refractivity contribution < 1.29 is 61.8 Å². The molecule has 78 heavy (non-hydrogen) atoms. The van der Waals surface area contributed by atoms with Crippen molar-refractivity contribution in [3.8, 4) is 11.3 Å². The van der Waals surface area contributed by atoms with Crippen LogP contribution >= 0.6 is 0 Å². The summed E-state index contributed by atoms with van der Waals surface area (Å²) in [5.41, 5.74) is 4.84. The lowest BCUT2D eigenvalue weighted by atomic mass is 9.73. The van der Waals surface area contributed by atoms with Crippen molar-refractivity contribution in [2.24, 2.45) is 29.6 Å². The van der Waals surface area contributed by atoms with Gasteiger partial charge in [-0.25, -0.2) is 9.59 Å². The first kappa shape index (κ1) is 60.6. The molecule has 5 heterocycles. The number of aryl methyl sites for hydroxylation is 1. The van der Waals surface area contributed by atoms with Gasteiger partial charge in [-0.05, 0) is 112 Å². The zero-order chi connectivity index (χ0) is 57.0. The van der Waals surface area contributed by atoms with Crippen LogP contribution in [-0.4, -0.2) is 162 Å². The quantitative estimate of drug-likeness (QED) is 0.0617. The topological polar surface area (TPSA) is 215 Å². The molecule has 4 fully saturated rings. The number of Topliss-reactive ketones (excluding diaryl/α,β-unsaturated/α-hetero) is 1. The van der Waals surface area contributed by atoms with E-state index >= 15 is 9.59 Å². The number of hydrogen-bond acceptors (Lipinski definition) is 17. The maximum atomic E-state index is 15.3. The van der Waals surface area contributed by atoms with Gasteiger partial charge in [-0.2, -0.15) is 0 Å². The highest BCUT2D eigenvalue weighted by atomic mass is 16.7. The Morgan fingerprint density at radius 1 is 0.833 bits per heavy atom. The number of nitrogens with two attached hydrogens (primary N) is 1. The van der Waals surface area contributed by atoms with Gasteiger partial charge in [0.15, 0.2) is 24.3 Å². The second kappa shape index (κ2) is 25.2. The van der Waals surface area contributed by atoms with Crippen molar-refractivity contribution in [2.45, 2.75) is 199 Å². The molecule has 4 aliphatic heterocycles. The van der Waals surface area contributed by atoms with E-state index in [0.29, 0.717) is 36.3 Å². The Morgan fingerprint density at radius 3 is 2.17 bits per heavy atom. The van der Waals surface area contributed by atoms with Gasteiger partial charge in [0.2, 0.25) is 0 Å². The minimum Gasteiger partial charge on any atom is -0.458 e. The van der Waals surface area contributed by atoms with Crippen LogP contribution < -0.4 is 5.73 Å². The Labute approximate surface area is 461 Å². The number of unbranched alkanes of at least 4 members (excludes halogenated alkanes) is 1. The maximum Gasteiger partial charge on any atom is 0.410 e. The van der Waals surface area contributed by atoms with Gasteiger partial charge in [-0.15, -0.1) is 5.10 Å². The third-order valence-corrected chi connectivity index (χ3v) is 17.4. The molecule has 0 saturated carbocycles. The highest BCUT2D eigenvalue weighted by Crippen LogP contribution is 2.45. The van der Waals surface area contributed by atoms with E-state index in [1.807, 2.05) is 99.1 Å². The van der Waals surface area contributed by atoms with Crippen LogP contribution in [0, 0.1) is 29.6 Å². The van der Waals surface area contributed by atoms with Crippen LogP contribution in [0.2, 0.25) is 0 Å². The Kier molecular flexibility index (Phi) is 19.6. The molecule has 0 spiro atoms. The van der Waals surface area contributed by atoms with Crippen molar-refractivity contribution in [2.75, 3.05) is 40.6 Å². The average molecular weight is 1090 g/mol. The molecule has 0 radical (unpaired) electrons. The van der Waals surface area contributed by atoms with Crippen molar-refractivity contribution in [3.05, 3.63) is 66.4 Å². The summed E-state index contributed by atoms with van der Waals surface area (Å²) in [5.74, 6) is -4.42. The van der Waals surface area contributed by atoms with Gasteiger partial charge in [0.1, 0.15) is 23.2 Å². The Balaban J connectivity index is 1.23. The molecular weight excluding hydrogens is 1000 g/mol. The van der Waals surface area contributed by atoms with E-state index in [4.69, 9.17) is 48.4 Å². The number of esters is 2. The highest BCUT2D eigenvalue weighted by Gasteiger charge is 2.61. The van der Waals surface area contributed by atoms with Gasteiger partial charge in [-0.3, -0.25) is 14.3 Å². The summed E-state index contributed by atoms with van der Waals surface area (Å²) in [6.07, 6.45) is -2.43. The number of nitrogen functional groups attached to an aromatic ring is 1. The molecule has 19 heteroatoms. The van der Waals surface area contributed by atoms with E-state index in [9.17, 15) is 9.59 Å². The predicted molar refractivity (Wildman–Crippen MR) is 292 cm³/mol. The molecule has 2 N–H and O–H groups in total. The number of carbonyl (C=O) groups is 4. The number of nitrogens with zero attached hydrogens (tertiary/aromatic N) is 5. The molecule has 7 rings (SSSR count). The van der Waals surface area contributed by atoms with Gasteiger partial charge >= 0.3 is 18.0 Å². The summed E-state index contributed by atoms with van der Waals surface area (Å²) in [6.45, 7) is 21.6. The molecule has 0 aliphatic carbocycles. The number of hydrogen-bond donors (Lipinski definition) is 1. The third-order valence-electron chi connectivity index (χ3n) is 17.4.